The molecule has 0 radical (unpaired) electrons. The zero-order chi connectivity index (χ0) is 10.1. The molecule has 14 heavy (non-hydrogen) atoms. The number of fused-ring (bicyclic) bond motifs is 1. The summed E-state index contributed by atoms with van der Waals surface area (Å²) in [6.07, 6.45) is 10.5. The van der Waals surface area contributed by atoms with Gasteiger partial charge in [0, 0.05) is 0 Å². The second-order valence-electron chi connectivity index (χ2n) is 5.06. The highest BCUT2D eigenvalue weighted by Gasteiger charge is 2.26. The van der Waals surface area contributed by atoms with E-state index in [4.69, 9.17) is 0 Å². The van der Waals surface area contributed by atoms with Gasteiger partial charge in [0.05, 0.1) is 0 Å². The van der Waals surface area contributed by atoms with Crippen molar-refractivity contribution < 1.29 is 0 Å². The smallest absolute Gasteiger partial charge is 0.0141 e. The van der Waals surface area contributed by atoms with Crippen LogP contribution in [0.4, 0.5) is 0 Å². The molecule has 0 amide bonds. The summed E-state index contributed by atoms with van der Waals surface area (Å²) >= 11 is 0. The Morgan fingerprint density at radius 2 is 1.93 bits per heavy atom. The van der Waals surface area contributed by atoms with Crippen LogP contribution in [0.2, 0.25) is 0 Å². The standard InChI is InChI=1S/C14H22/c1-4-10(2)14-9-13-7-5-6-12(13)8-11(14)3/h8-11,14H,4-7H2,1-3H3. The Bertz CT molecular complexity index is 270. The maximum Gasteiger partial charge on any atom is -0.0141 e. The highest BCUT2D eigenvalue weighted by atomic mass is 14.3. The molecule has 0 spiro atoms. The van der Waals surface area contributed by atoms with Gasteiger partial charge in [-0.1, -0.05) is 39.3 Å². The Balaban J connectivity index is 2.19. The average molecular weight is 190 g/mol. The van der Waals surface area contributed by atoms with E-state index in [-0.39, 0.29) is 0 Å². The third kappa shape index (κ3) is 1.67. The summed E-state index contributed by atoms with van der Waals surface area (Å²) in [7, 11) is 0. The Labute approximate surface area is 88.1 Å². The van der Waals surface area contributed by atoms with Gasteiger partial charge < -0.3 is 0 Å². The van der Waals surface area contributed by atoms with Crippen molar-refractivity contribution in [1.29, 1.82) is 0 Å². The maximum atomic E-state index is 2.58. The van der Waals surface area contributed by atoms with E-state index in [2.05, 4.69) is 32.9 Å². The van der Waals surface area contributed by atoms with Crippen molar-refractivity contribution in [2.24, 2.45) is 17.8 Å². The van der Waals surface area contributed by atoms with Gasteiger partial charge in [-0.3, -0.25) is 0 Å². The summed E-state index contributed by atoms with van der Waals surface area (Å²) in [5.74, 6) is 2.41. The molecule has 0 saturated heterocycles. The third-order valence-electron chi connectivity index (χ3n) is 4.07. The lowest BCUT2D eigenvalue weighted by Gasteiger charge is -2.29. The first-order chi connectivity index (χ1) is 6.72. The van der Waals surface area contributed by atoms with Crippen molar-refractivity contribution in [3.8, 4) is 0 Å². The Morgan fingerprint density at radius 1 is 1.29 bits per heavy atom. The van der Waals surface area contributed by atoms with Crippen molar-refractivity contribution in [1.82, 2.24) is 0 Å². The number of allylic oxidation sites excluding steroid dienone is 4. The van der Waals surface area contributed by atoms with Crippen molar-refractivity contribution in [2.45, 2.75) is 46.5 Å². The van der Waals surface area contributed by atoms with Gasteiger partial charge in [0.25, 0.3) is 0 Å². The molecular weight excluding hydrogens is 168 g/mol. The SMILES string of the molecule is CCC(C)C1C=C2CCCC2=CC1C. The summed E-state index contributed by atoms with van der Waals surface area (Å²) in [5.41, 5.74) is 3.34. The van der Waals surface area contributed by atoms with Gasteiger partial charge in [-0.15, -0.1) is 0 Å². The van der Waals surface area contributed by atoms with Crippen LogP contribution in [0, 0.1) is 17.8 Å². The molecular formula is C14H22. The molecule has 3 unspecified atom stereocenters. The van der Waals surface area contributed by atoms with Crippen LogP contribution in [0.3, 0.4) is 0 Å². The van der Waals surface area contributed by atoms with Crippen molar-refractivity contribution in [3.05, 3.63) is 23.3 Å². The number of hydrogen-bond acceptors (Lipinski definition) is 0. The van der Waals surface area contributed by atoms with Gasteiger partial charge in [-0.25, -0.2) is 0 Å². The first kappa shape index (κ1) is 10.0. The van der Waals surface area contributed by atoms with Gasteiger partial charge in [0.15, 0.2) is 0 Å². The van der Waals surface area contributed by atoms with Gasteiger partial charge in [0.2, 0.25) is 0 Å². The lowest BCUT2D eigenvalue weighted by Crippen LogP contribution is -2.19. The van der Waals surface area contributed by atoms with E-state index in [1.54, 1.807) is 11.1 Å². The predicted octanol–water partition coefficient (Wildman–Crippen LogP) is 4.34. The van der Waals surface area contributed by atoms with E-state index in [0.29, 0.717) is 0 Å². The molecule has 2 rings (SSSR count). The summed E-state index contributed by atoms with van der Waals surface area (Å²) in [6.45, 7) is 7.09. The normalized spacial score (nSPS) is 33.4. The van der Waals surface area contributed by atoms with E-state index in [1.165, 1.54) is 25.7 Å². The third-order valence-corrected chi connectivity index (χ3v) is 4.07. The van der Waals surface area contributed by atoms with Crippen LogP contribution >= 0.6 is 0 Å². The number of hydrogen-bond donors (Lipinski definition) is 0. The molecule has 0 N–H and O–H groups in total. The van der Waals surface area contributed by atoms with Crippen LogP contribution in [-0.4, -0.2) is 0 Å². The van der Waals surface area contributed by atoms with Crippen LogP contribution in [0.15, 0.2) is 23.3 Å². The molecule has 1 fully saturated rings. The quantitative estimate of drug-likeness (QED) is 0.608. The van der Waals surface area contributed by atoms with Crippen molar-refractivity contribution >= 4 is 0 Å². The zero-order valence-electron chi connectivity index (χ0n) is 9.72. The predicted molar refractivity (Wildman–Crippen MR) is 62.1 cm³/mol. The second-order valence-corrected chi connectivity index (χ2v) is 5.06. The topological polar surface area (TPSA) is 0 Å². The van der Waals surface area contributed by atoms with Crippen LogP contribution in [0.1, 0.15) is 46.5 Å². The van der Waals surface area contributed by atoms with Gasteiger partial charge in [0.1, 0.15) is 0 Å². The first-order valence-electron chi connectivity index (χ1n) is 6.14. The second kappa shape index (κ2) is 3.92. The highest BCUT2D eigenvalue weighted by molar-refractivity contribution is 5.39. The van der Waals surface area contributed by atoms with E-state index >= 15 is 0 Å². The van der Waals surface area contributed by atoms with Crippen LogP contribution in [0.5, 0.6) is 0 Å². The highest BCUT2D eigenvalue weighted by Crippen LogP contribution is 2.40. The minimum atomic E-state index is 0.766. The largest absolute Gasteiger partial charge is 0.0776 e. The molecule has 0 aliphatic heterocycles. The summed E-state index contributed by atoms with van der Waals surface area (Å²) in [4.78, 5) is 0. The average Bonchev–Trinajstić information content (AvgIpc) is 2.62. The zero-order valence-corrected chi connectivity index (χ0v) is 9.72. The van der Waals surface area contributed by atoms with E-state index in [0.717, 1.165) is 17.8 Å². The summed E-state index contributed by atoms with van der Waals surface area (Å²) < 4.78 is 0. The van der Waals surface area contributed by atoms with Gasteiger partial charge >= 0.3 is 0 Å². The summed E-state index contributed by atoms with van der Waals surface area (Å²) in [6, 6.07) is 0. The molecule has 0 heterocycles. The monoisotopic (exact) mass is 190 g/mol. The molecule has 0 heteroatoms. The van der Waals surface area contributed by atoms with Crippen LogP contribution in [0.25, 0.3) is 0 Å². The van der Waals surface area contributed by atoms with Gasteiger partial charge in [-0.2, -0.15) is 0 Å². The minimum Gasteiger partial charge on any atom is -0.0776 e. The molecule has 0 aromatic rings. The lowest BCUT2D eigenvalue weighted by atomic mass is 9.76. The van der Waals surface area contributed by atoms with Crippen molar-refractivity contribution in [2.75, 3.05) is 0 Å². The molecule has 2 aliphatic rings. The molecule has 0 aromatic heterocycles. The fraction of sp³-hybridized carbons (Fsp3) is 0.714. The van der Waals surface area contributed by atoms with Crippen LogP contribution in [-0.2, 0) is 0 Å². The molecule has 2 aliphatic carbocycles. The molecule has 0 aromatic carbocycles. The Morgan fingerprint density at radius 3 is 2.57 bits per heavy atom. The summed E-state index contributed by atoms with van der Waals surface area (Å²) in [5, 5.41) is 0. The fourth-order valence-corrected chi connectivity index (χ4v) is 2.94. The lowest BCUT2D eigenvalue weighted by molar-refractivity contribution is 0.344. The first-order valence-corrected chi connectivity index (χ1v) is 6.14. The maximum absolute atomic E-state index is 2.58. The van der Waals surface area contributed by atoms with Crippen molar-refractivity contribution in [3.63, 3.8) is 0 Å². The molecule has 1 saturated carbocycles. The van der Waals surface area contributed by atoms with Crippen LogP contribution < -0.4 is 0 Å². The van der Waals surface area contributed by atoms with Gasteiger partial charge in [-0.05, 0) is 48.2 Å². The Kier molecular flexibility index (Phi) is 2.80. The van der Waals surface area contributed by atoms with E-state index < -0.39 is 0 Å². The fourth-order valence-electron chi connectivity index (χ4n) is 2.94. The molecule has 0 nitrogen and oxygen atoms in total. The van der Waals surface area contributed by atoms with E-state index in [1.807, 2.05) is 0 Å². The Hall–Kier alpha value is -0.520. The molecule has 3 atom stereocenters. The number of rotatable bonds is 2. The van der Waals surface area contributed by atoms with E-state index in [9.17, 15) is 0 Å². The molecule has 0 bridgehead atoms. The molecule has 78 valence electrons. The minimum absolute atomic E-state index is 0.766.